The van der Waals surface area contributed by atoms with Gasteiger partial charge in [-0.15, -0.1) is 0 Å². The van der Waals surface area contributed by atoms with Crippen LogP contribution in [0.15, 0.2) is 42.5 Å². The van der Waals surface area contributed by atoms with Gasteiger partial charge in [0.05, 0.1) is 5.69 Å². The lowest BCUT2D eigenvalue weighted by atomic mass is 10.0. The Labute approximate surface area is 182 Å². The molecule has 164 valence electrons. The molecule has 7 nitrogen and oxygen atoms in total. The van der Waals surface area contributed by atoms with Crippen LogP contribution in [-0.4, -0.2) is 35.4 Å². The first-order valence-electron chi connectivity index (χ1n) is 10.2. The summed E-state index contributed by atoms with van der Waals surface area (Å²) in [6.07, 6.45) is 0. The van der Waals surface area contributed by atoms with E-state index in [4.69, 9.17) is 4.74 Å². The SMILES string of the molecule is Cc1cccc(NC(=O)CN2C(=O)C(C)(C)Oc3ccc(C(=O)NC(C)(C)C)cc32)c1. The zero-order valence-electron chi connectivity index (χ0n) is 18.8. The molecule has 3 rings (SSSR count). The maximum absolute atomic E-state index is 13.1. The number of nitrogens with one attached hydrogen (secondary N) is 2. The van der Waals surface area contributed by atoms with Crippen molar-refractivity contribution in [2.24, 2.45) is 0 Å². The van der Waals surface area contributed by atoms with E-state index in [0.29, 0.717) is 22.7 Å². The van der Waals surface area contributed by atoms with Crippen molar-refractivity contribution in [3.8, 4) is 5.75 Å². The molecule has 0 fully saturated rings. The molecular weight excluding hydrogens is 394 g/mol. The van der Waals surface area contributed by atoms with Crippen LogP contribution >= 0.6 is 0 Å². The average Bonchev–Trinajstić information content (AvgIpc) is 2.63. The second-order valence-electron chi connectivity index (χ2n) is 9.31. The van der Waals surface area contributed by atoms with E-state index in [1.165, 1.54) is 4.90 Å². The van der Waals surface area contributed by atoms with E-state index in [0.717, 1.165) is 5.56 Å². The second-order valence-corrected chi connectivity index (χ2v) is 9.31. The summed E-state index contributed by atoms with van der Waals surface area (Å²) >= 11 is 0. The van der Waals surface area contributed by atoms with Crippen LogP contribution in [0, 0.1) is 6.92 Å². The lowest BCUT2D eigenvalue weighted by Gasteiger charge is -2.38. The summed E-state index contributed by atoms with van der Waals surface area (Å²) in [4.78, 5) is 39.8. The molecule has 0 aromatic heterocycles. The largest absolute Gasteiger partial charge is 0.476 e. The third-order valence-corrected chi connectivity index (χ3v) is 4.73. The van der Waals surface area contributed by atoms with Crippen molar-refractivity contribution in [3.63, 3.8) is 0 Å². The van der Waals surface area contributed by atoms with Crippen LogP contribution in [0.4, 0.5) is 11.4 Å². The molecule has 0 saturated carbocycles. The minimum Gasteiger partial charge on any atom is -0.476 e. The number of hydrogen-bond acceptors (Lipinski definition) is 4. The zero-order valence-corrected chi connectivity index (χ0v) is 18.8. The number of fused-ring (bicyclic) bond motifs is 1. The predicted octanol–water partition coefficient (Wildman–Crippen LogP) is 3.67. The number of benzene rings is 2. The molecule has 0 atom stereocenters. The summed E-state index contributed by atoms with van der Waals surface area (Å²) in [5.74, 6) is -0.517. The van der Waals surface area contributed by atoms with Gasteiger partial charge in [0.15, 0.2) is 5.60 Å². The lowest BCUT2D eigenvalue weighted by molar-refractivity contribution is -0.133. The maximum atomic E-state index is 13.1. The first-order chi connectivity index (χ1) is 14.4. The van der Waals surface area contributed by atoms with Gasteiger partial charge in [0.1, 0.15) is 12.3 Å². The predicted molar refractivity (Wildman–Crippen MR) is 121 cm³/mol. The standard InChI is InChI=1S/C24H29N3O4/c1-15-8-7-9-17(12-15)25-20(28)14-27-18-13-16(21(29)26-23(2,3)4)10-11-19(18)31-24(5,6)22(27)30/h7-13H,14H2,1-6H3,(H,25,28)(H,26,29). The molecule has 7 heteroatoms. The van der Waals surface area contributed by atoms with Gasteiger partial charge in [-0.25, -0.2) is 0 Å². The fourth-order valence-electron chi connectivity index (χ4n) is 3.35. The monoisotopic (exact) mass is 423 g/mol. The summed E-state index contributed by atoms with van der Waals surface area (Å²) in [5.41, 5.74) is 0.907. The van der Waals surface area contributed by atoms with Crippen molar-refractivity contribution in [2.75, 3.05) is 16.8 Å². The van der Waals surface area contributed by atoms with Crippen LogP contribution in [0.1, 0.15) is 50.5 Å². The number of amides is 3. The smallest absolute Gasteiger partial charge is 0.271 e. The molecule has 0 unspecified atom stereocenters. The van der Waals surface area contributed by atoms with Crippen LogP contribution in [-0.2, 0) is 9.59 Å². The van der Waals surface area contributed by atoms with Crippen LogP contribution in [0.5, 0.6) is 5.75 Å². The highest BCUT2D eigenvalue weighted by atomic mass is 16.5. The average molecular weight is 424 g/mol. The van der Waals surface area contributed by atoms with Gasteiger partial charge in [-0.2, -0.15) is 0 Å². The molecule has 0 bridgehead atoms. The minimum atomic E-state index is -1.13. The summed E-state index contributed by atoms with van der Waals surface area (Å²) in [5, 5.41) is 5.73. The Morgan fingerprint density at radius 2 is 1.81 bits per heavy atom. The molecular formula is C24H29N3O4. The van der Waals surface area contributed by atoms with Crippen LogP contribution in [0.2, 0.25) is 0 Å². The molecule has 1 aliphatic heterocycles. The molecule has 0 spiro atoms. The number of nitrogens with zero attached hydrogens (tertiary/aromatic N) is 1. The summed E-state index contributed by atoms with van der Waals surface area (Å²) in [6.45, 7) is 10.7. The highest BCUT2D eigenvalue weighted by Crippen LogP contribution is 2.38. The minimum absolute atomic E-state index is 0.198. The van der Waals surface area contributed by atoms with Crippen molar-refractivity contribution in [2.45, 2.75) is 52.7 Å². The summed E-state index contributed by atoms with van der Waals surface area (Å²) in [6, 6.07) is 12.3. The van der Waals surface area contributed by atoms with Gasteiger partial charge in [0.25, 0.3) is 11.8 Å². The normalized spacial score (nSPS) is 15.0. The van der Waals surface area contributed by atoms with Gasteiger partial charge >= 0.3 is 0 Å². The quantitative estimate of drug-likeness (QED) is 0.786. The first-order valence-corrected chi connectivity index (χ1v) is 10.2. The van der Waals surface area contributed by atoms with Gasteiger partial charge < -0.3 is 15.4 Å². The van der Waals surface area contributed by atoms with Gasteiger partial charge in [-0.3, -0.25) is 19.3 Å². The Kier molecular flexibility index (Phi) is 5.81. The molecule has 2 N–H and O–H groups in total. The van der Waals surface area contributed by atoms with E-state index in [9.17, 15) is 14.4 Å². The Bertz CT molecular complexity index is 1040. The third kappa shape index (κ3) is 5.23. The van der Waals surface area contributed by atoms with E-state index in [1.807, 2.05) is 45.9 Å². The Hall–Kier alpha value is -3.35. The van der Waals surface area contributed by atoms with E-state index in [2.05, 4.69) is 10.6 Å². The van der Waals surface area contributed by atoms with Gasteiger partial charge in [-0.05, 0) is 77.4 Å². The van der Waals surface area contributed by atoms with Crippen molar-refractivity contribution < 1.29 is 19.1 Å². The van der Waals surface area contributed by atoms with Crippen molar-refractivity contribution in [1.82, 2.24) is 5.32 Å². The molecule has 31 heavy (non-hydrogen) atoms. The Morgan fingerprint density at radius 1 is 1.10 bits per heavy atom. The fraction of sp³-hybridized carbons (Fsp3) is 0.375. The van der Waals surface area contributed by atoms with E-state index >= 15 is 0 Å². The van der Waals surface area contributed by atoms with Gasteiger partial charge in [0.2, 0.25) is 5.91 Å². The number of carbonyl (C=O) groups is 3. The number of carbonyl (C=O) groups excluding carboxylic acids is 3. The number of ether oxygens (including phenoxy) is 1. The molecule has 2 aromatic rings. The van der Waals surface area contributed by atoms with Gasteiger partial charge in [-0.1, -0.05) is 12.1 Å². The summed E-state index contributed by atoms with van der Waals surface area (Å²) < 4.78 is 5.86. The lowest BCUT2D eigenvalue weighted by Crippen LogP contribution is -2.54. The number of anilines is 2. The second kappa shape index (κ2) is 8.06. The van der Waals surface area contributed by atoms with Gasteiger partial charge in [0, 0.05) is 16.8 Å². The van der Waals surface area contributed by atoms with E-state index in [1.54, 1.807) is 38.1 Å². The Morgan fingerprint density at radius 3 is 2.45 bits per heavy atom. The van der Waals surface area contributed by atoms with Crippen molar-refractivity contribution in [1.29, 1.82) is 0 Å². The summed E-state index contributed by atoms with van der Waals surface area (Å²) in [7, 11) is 0. The van der Waals surface area contributed by atoms with E-state index < -0.39 is 11.1 Å². The number of hydrogen-bond donors (Lipinski definition) is 2. The number of aryl methyl sites for hydroxylation is 1. The first kappa shape index (κ1) is 22.3. The molecule has 3 amide bonds. The Balaban J connectivity index is 1.90. The van der Waals surface area contributed by atoms with Crippen LogP contribution in [0.25, 0.3) is 0 Å². The topological polar surface area (TPSA) is 87.7 Å². The highest BCUT2D eigenvalue weighted by molar-refractivity contribution is 6.08. The molecule has 2 aromatic carbocycles. The van der Waals surface area contributed by atoms with E-state index in [-0.39, 0.29) is 24.3 Å². The van der Waals surface area contributed by atoms with Crippen molar-refractivity contribution in [3.05, 3.63) is 53.6 Å². The molecule has 0 radical (unpaired) electrons. The van der Waals surface area contributed by atoms with Crippen LogP contribution < -0.4 is 20.3 Å². The number of rotatable bonds is 4. The molecule has 0 saturated heterocycles. The maximum Gasteiger partial charge on any atom is 0.271 e. The molecule has 1 heterocycles. The highest BCUT2D eigenvalue weighted by Gasteiger charge is 2.42. The zero-order chi connectivity index (χ0) is 23.0. The molecule has 0 aliphatic carbocycles. The third-order valence-electron chi connectivity index (χ3n) is 4.73. The fourth-order valence-corrected chi connectivity index (χ4v) is 3.35. The molecule has 1 aliphatic rings. The van der Waals surface area contributed by atoms with Crippen molar-refractivity contribution >= 4 is 29.1 Å². The van der Waals surface area contributed by atoms with Crippen LogP contribution in [0.3, 0.4) is 0 Å².